The zero-order valence-corrected chi connectivity index (χ0v) is 13.1. The Balaban J connectivity index is 1.46. The van der Waals surface area contributed by atoms with E-state index in [1.54, 1.807) is 6.20 Å². The van der Waals surface area contributed by atoms with Crippen molar-refractivity contribution < 1.29 is 0 Å². The van der Waals surface area contributed by atoms with Crippen molar-refractivity contribution in [1.82, 2.24) is 14.5 Å². The molecule has 0 amide bonds. The molecule has 4 heteroatoms. The van der Waals surface area contributed by atoms with E-state index in [0.29, 0.717) is 0 Å². The van der Waals surface area contributed by atoms with Gasteiger partial charge in [0.2, 0.25) is 0 Å². The van der Waals surface area contributed by atoms with E-state index in [1.165, 1.54) is 29.8 Å². The summed E-state index contributed by atoms with van der Waals surface area (Å²) in [6.45, 7) is 1.89. The first kappa shape index (κ1) is 14.0. The van der Waals surface area contributed by atoms with Gasteiger partial charge < -0.3 is 9.88 Å². The number of benzene rings is 1. The van der Waals surface area contributed by atoms with Crippen LogP contribution in [0, 0.1) is 0 Å². The number of aromatic nitrogens is 3. The van der Waals surface area contributed by atoms with Crippen LogP contribution in [0.5, 0.6) is 0 Å². The minimum Gasteiger partial charge on any atom is -0.381 e. The van der Waals surface area contributed by atoms with Gasteiger partial charge in [-0.1, -0.05) is 18.2 Å². The Bertz CT molecular complexity index is 751. The molecular weight excluding hydrogens is 284 g/mol. The molecule has 0 aliphatic carbocycles. The lowest BCUT2D eigenvalue weighted by Crippen LogP contribution is -2.08. The Morgan fingerprint density at radius 1 is 1.09 bits per heavy atom. The average molecular weight is 304 g/mol. The lowest BCUT2D eigenvalue weighted by atomic mass is 10.1. The number of rotatable bonds is 4. The molecule has 0 saturated heterocycles. The summed E-state index contributed by atoms with van der Waals surface area (Å²) < 4.78 is 2.30. The van der Waals surface area contributed by atoms with Gasteiger partial charge in [-0.2, -0.15) is 0 Å². The number of fused-ring (bicyclic) bond motifs is 1. The highest BCUT2D eigenvalue weighted by Crippen LogP contribution is 2.24. The summed E-state index contributed by atoms with van der Waals surface area (Å²) in [7, 11) is 0. The number of pyridine rings is 1. The third-order valence-corrected chi connectivity index (χ3v) is 4.31. The monoisotopic (exact) mass is 304 g/mol. The van der Waals surface area contributed by atoms with E-state index in [0.717, 1.165) is 30.9 Å². The molecule has 0 radical (unpaired) electrons. The molecule has 1 aromatic carbocycles. The second-order valence-corrected chi connectivity index (χ2v) is 5.99. The van der Waals surface area contributed by atoms with E-state index in [4.69, 9.17) is 4.98 Å². The van der Waals surface area contributed by atoms with Gasteiger partial charge in [0.25, 0.3) is 0 Å². The van der Waals surface area contributed by atoms with Crippen molar-refractivity contribution in [3.63, 3.8) is 0 Å². The Morgan fingerprint density at radius 2 is 2.00 bits per heavy atom. The molecule has 3 aromatic rings. The van der Waals surface area contributed by atoms with E-state index >= 15 is 0 Å². The van der Waals surface area contributed by atoms with E-state index < -0.39 is 0 Å². The molecule has 0 unspecified atom stereocenters. The summed E-state index contributed by atoms with van der Waals surface area (Å²) in [4.78, 5) is 8.91. The number of aryl methyl sites for hydroxylation is 2. The molecule has 1 aliphatic rings. The Kier molecular flexibility index (Phi) is 3.80. The quantitative estimate of drug-likeness (QED) is 0.795. The van der Waals surface area contributed by atoms with Crippen LogP contribution < -0.4 is 5.32 Å². The predicted octanol–water partition coefficient (Wildman–Crippen LogP) is 3.89. The number of hydrogen-bond donors (Lipinski definition) is 1. The molecule has 0 fully saturated rings. The zero-order valence-electron chi connectivity index (χ0n) is 13.1. The first-order chi connectivity index (χ1) is 11.4. The van der Waals surface area contributed by atoms with E-state index in [2.05, 4.69) is 51.4 Å². The Morgan fingerprint density at radius 3 is 2.78 bits per heavy atom. The maximum Gasteiger partial charge on any atom is 0.109 e. The van der Waals surface area contributed by atoms with Crippen LogP contribution >= 0.6 is 0 Å². The normalized spacial score (nSPS) is 13.6. The number of imidazole rings is 1. The Hall–Kier alpha value is -2.62. The molecule has 23 heavy (non-hydrogen) atoms. The molecule has 0 atom stereocenters. The topological polar surface area (TPSA) is 42.7 Å². The molecule has 4 rings (SSSR count). The summed E-state index contributed by atoms with van der Waals surface area (Å²) in [5, 5.41) is 3.42. The van der Waals surface area contributed by atoms with E-state index in [9.17, 15) is 0 Å². The van der Waals surface area contributed by atoms with Crippen molar-refractivity contribution in [1.29, 1.82) is 0 Å². The summed E-state index contributed by atoms with van der Waals surface area (Å²) in [5.41, 5.74) is 4.56. The summed E-state index contributed by atoms with van der Waals surface area (Å²) in [5.74, 6) is 1.23. The van der Waals surface area contributed by atoms with Gasteiger partial charge in [0.15, 0.2) is 0 Å². The smallest absolute Gasteiger partial charge is 0.109 e. The molecule has 2 aromatic heterocycles. The van der Waals surface area contributed by atoms with Crippen molar-refractivity contribution in [2.75, 3.05) is 5.32 Å². The SMILES string of the molecule is c1cncc(CNc2ccc(-c3cn4c(n3)CCCC4)cc2)c1. The maximum absolute atomic E-state index is 4.78. The summed E-state index contributed by atoms with van der Waals surface area (Å²) >= 11 is 0. The molecule has 3 heterocycles. The van der Waals surface area contributed by atoms with Crippen LogP contribution in [0.15, 0.2) is 55.0 Å². The molecule has 4 nitrogen and oxygen atoms in total. The number of anilines is 1. The van der Waals surface area contributed by atoms with Crippen LogP contribution in [0.2, 0.25) is 0 Å². The third-order valence-electron chi connectivity index (χ3n) is 4.31. The van der Waals surface area contributed by atoms with Crippen LogP contribution in [0.3, 0.4) is 0 Å². The van der Waals surface area contributed by atoms with Crippen LogP contribution in [0.4, 0.5) is 5.69 Å². The van der Waals surface area contributed by atoms with Gasteiger partial charge >= 0.3 is 0 Å². The van der Waals surface area contributed by atoms with Crippen molar-refractivity contribution >= 4 is 5.69 Å². The molecule has 0 saturated carbocycles. The molecule has 0 bridgehead atoms. The van der Waals surface area contributed by atoms with Gasteiger partial charge in [0.05, 0.1) is 5.69 Å². The average Bonchev–Trinajstić information content (AvgIpc) is 3.05. The Labute approximate surface area is 136 Å². The largest absolute Gasteiger partial charge is 0.381 e. The predicted molar refractivity (Wildman–Crippen MR) is 92.2 cm³/mol. The zero-order chi connectivity index (χ0) is 15.5. The van der Waals surface area contributed by atoms with Gasteiger partial charge in [0, 0.05) is 49.4 Å². The van der Waals surface area contributed by atoms with Crippen LogP contribution in [-0.4, -0.2) is 14.5 Å². The van der Waals surface area contributed by atoms with Crippen molar-refractivity contribution in [2.24, 2.45) is 0 Å². The second-order valence-electron chi connectivity index (χ2n) is 5.99. The van der Waals surface area contributed by atoms with Crippen molar-refractivity contribution in [3.05, 3.63) is 66.4 Å². The molecular formula is C19H20N4. The van der Waals surface area contributed by atoms with Gasteiger partial charge in [0.1, 0.15) is 5.82 Å². The lowest BCUT2D eigenvalue weighted by molar-refractivity contribution is 0.522. The summed E-state index contributed by atoms with van der Waals surface area (Å²) in [6, 6.07) is 12.5. The molecule has 116 valence electrons. The highest BCUT2D eigenvalue weighted by molar-refractivity contribution is 5.62. The molecule has 0 spiro atoms. The maximum atomic E-state index is 4.78. The summed E-state index contributed by atoms with van der Waals surface area (Å²) in [6.07, 6.45) is 9.49. The van der Waals surface area contributed by atoms with Crippen molar-refractivity contribution in [3.8, 4) is 11.3 Å². The van der Waals surface area contributed by atoms with Crippen LogP contribution in [0.1, 0.15) is 24.2 Å². The van der Waals surface area contributed by atoms with E-state index in [1.807, 2.05) is 12.3 Å². The van der Waals surface area contributed by atoms with E-state index in [-0.39, 0.29) is 0 Å². The van der Waals surface area contributed by atoms with Gasteiger partial charge in [-0.15, -0.1) is 0 Å². The third kappa shape index (κ3) is 3.11. The first-order valence-corrected chi connectivity index (χ1v) is 8.18. The second kappa shape index (κ2) is 6.24. The minimum atomic E-state index is 0.784. The van der Waals surface area contributed by atoms with Gasteiger partial charge in [-0.05, 0) is 36.6 Å². The van der Waals surface area contributed by atoms with Crippen LogP contribution in [0.25, 0.3) is 11.3 Å². The van der Waals surface area contributed by atoms with Gasteiger partial charge in [-0.25, -0.2) is 4.98 Å². The number of hydrogen-bond acceptors (Lipinski definition) is 3. The van der Waals surface area contributed by atoms with Crippen LogP contribution in [-0.2, 0) is 19.5 Å². The minimum absolute atomic E-state index is 0.784. The van der Waals surface area contributed by atoms with Gasteiger partial charge in [-0.3, -0.25) is 4.98 Å². The lowest BCUT2D eigenvalue weighted by Gasteiger charge is -2.11. The highest BCUT2D eigenvalue weighted by atomic mass is 15.1. The fourth-order valence-corrected chi connectivity index (χ4v) is 3.02. The fourth-order valence-electron chi connectivity index (χ4n) is 3.02. The highest BCUT2D eigenvalue weighted by Gasteiger charge is 2.12. The number of nitrogens with zero attached hydrogens (tertiary/aromatic N) is 3. The standard InChI is InChI=1S/C19H20N4/c1-2-11-23-14-18(22-19(23)5-1)16-6-8-17(9-7-16)21-13-15-4-3-10-20-12-15/h3-4,6-10,12,14,21H,1-2,5,11,13H2. The number of nitrogens with one attached hydrogen (secondary N) is 1. The molecule has 1 aliphatic heterocycles. The molecule has 1 N–H and O–H groups in total. The van der Waals surface area contributed by atoms with Crippen molar-refractivity contribution in [2.45, 2.75) is 32.4 Å². The first-order valence-electron chi connectivity index (χ1n) is 8.18. The fraction of sp³-hybridized carbons (Fsp3) is 0.263.